The third-order valence-corrected chi connectivity index (χ3v) is 3.12. The number of hydrogen-bond acceptors (Lipinski definition) is 8. The van der Waals surface area contributed by atoms with Crippen LogP contribution in [0.5, 0.6) is 0 Å². The molecule has 1 amide bonds. The van der Waals surface area contributed by atoms with E-state index in [1.54, 1.807) is 25.9 Å². The van der Waals surface area contributed by atoms with Gasteiger partial charge < -0.3 is 19.5 Å². The number of esters is 1. The van der Waals surface area contributed by atoms with Gasteiger partial charge in [0.25, 0.3) is 11.6 Å². The van der Waals surface area contributed by atoms with Gasteiger partial charge in [0.05, 0.1) is 10.5 Å². The molecule has 0 saturated carbocycles. The first-order valence-electron chi connectivity index (χ1n) is 7.14. The highest BCUT2D eigenvalue weighted by atomic mass is 16.6. The van der Waals surface area contributed by atoms with Gasteiger partial charge >= 0.3 is 5.97 Å². The molecule has 25 heavy (non-hydrogen) atoms. The average molecular weight is 348 g/mol. The Kier molecular flexibility index (Phi) is 5.32. The van der Waals surface area contributed by atoms with E-state index in [0.29, 0.717) is 11.4 Å². The molecule has 10 nitrogen and oxygen atoms in total. The molecule has 0 aliphatic heterocycles. The van der Waals surface area contributed by atoms with E-state index in [4.69, 9.17) is 9.26 Å². The Morgan fingerprint density at radius 3 is 2.64 bits per heavy atom. The van der Waals surface area contributed by atoms with Crippen molar-refractivity contribution in [3.05, 3.63) is 45.7 Å². The molecule has 0 atom stereocenters. The highest BCUT2D eigenvalue weighted by Crippen LogP contribution is 2.27. The largest absolute Gasteiger partial charge is 0.452 e. The van der Waals surface area contributed by atoms with E-state index in [-0.39, 0.29) is 17.1 Å². The lowest BCUT2D eigenvalue weighted by molar-refractivity contribution is -0.384. The highest BCUT2D eigenvalue weighted by molar-refractivity contribution is 5.95. The van der Waals surface area contributed by atoms with Crippen molar-refractivity contribution >= 4 is 29.1 Å². The molecule has 132 valence electrons. The monoisotopic (exact) mass is 348 g/mol. The molecular weight excluding hydrogens is 332 g/mol. The molecule has 10 heteroatoms. The summed E-state index contributed by atoms with van der Waals surface area (Å²) in [7, 11) is 3.30. The van der Waals surface area contributed by atoms with Crippen molar-refractivity contribution in [1.29, 1.82) is 0 Å². The van der Waals surface area contributed by atoms with Crippen LogP contribution in [0.3, 0.4) is 0 Å². The topological polar surface area (TPSA) is 128 Å². The summed E-state index contributed by atoms with van der Waals surface area (Å²) in [5.74, 6) is -0.744. The SMILES string of the molecule is Cc1cc(NC(=O)COC(=O)c2ccc(N(C)C)c([N+](=O)[O-])c2)no1. The predicted molar refractivity (Wildman–Crippen MR) is 87.6 cm³/mol. The number of aryl methyl sites for hydroxylation is 1. The zero-order valence-corrected chi connectivity index (χ0v) is 13.8. The molecule has 1 aromatic carbocycles. The standard InChI is InChI=1S/C15H16N4O6/c1-9-6-13(17-25-9)16-14(20)8-24-15(21)10-4-5-11(18(2)3)12(7-10)19(22)23/h4-7H,8H2,1-3H3,(H,16,17,20). The molecule has 1 N–H and O–H groups in total. The first-order valence-corrected chi connectivity index (χ1v) is 7.14. The summed E-state index contributed by atoms with van der Waals surface area (Å²) in [5.41, 5.74) is 0.0880. The molecule has 1 aromatic heterocycles. The van der Waals surface area contributed by atoms with Crippen molar-refractivity contribution in [3.8, 4) is 0 Å². The number of anilines is 2. The second-order valence-electron chi connectivity index (χ2n) is 5.30. The van der Waals surface area contributed by atoms with Crippen LogP contribution < -0.4 is 10.2 Å². The Labute approximate surface area is 142 Å². The Balaban J connectivity index is 2.01. The van der Waals surface area contributed by atoms with Crippen LogP contribution >= 0.6 is 0 Å². The zero-order chi connectivity index (χ0) is 18.6. The molecule has 0 unspecified atom stereocenters. The van der Waals surface area contributed by atoms with Gasteiger partial charge in [-0.2, -0.15) is 0 Å². The summed E-state index contributed by atoms with van der Waals surface area (Å²) in [5, 5.41) is 17.1. The van der Waals surface area contributed by atoms with E-state index in [1.165, 1.54) is 18.2 Å². The number of nitrogens with zero attached hydrogens (tertiary/aromatic N) is 3. The molecule has 1 heterocycles. The maximum absolute atomic E-state index is 12.0. The average Bonchev–Trinajstić information content (AvgIpc) is 2.96. The molecule has 2 rings (SSSR count). The highest BCUT2D eigenvalue weighted by Gasteiger charge is 2.20. The van der Waals surface area contributed by atoms with Gasteiger partial charge in [-0.3, -0.25) is 14.9 Å². The normalized spacial score (nSPS) is 10.2. The van der Waals surface area contributed by atoms with Gasteiger partial charge in [-0.1, -0.05) is 5.16 Å². The fourth-order valence-corrected chi connectivity index (χ4v) is 1.99. The lowest BCUT2D eigenvalue weighted by Gasteiger charge is -2.13. The fraction of sp³-hybridized carbons (Fsp3) is 0.267. The summed E-state index contributed by atoms with van der Waals surface area (Å²) in [6, 6.07) is 5.44. The van der Waals surface area contributed by atoms with Gasteiger partial charge in [-0.15, -0.1) is 0 Å². The van der Waals surface area contributed by atoms with Crippen LogP contribution in [0.25, 0.3) is 0 Å². The van der Waals surface area contributed by atoms with Gasteiger partial charge in [-0.05, 0) is 19.1 Å². The van der Waals surface area contributed by atoms with Crippen molar-refractivity contribution in [2.45, 2.75) is 6.92 Å². The molecule has 2 aromatic rings. The minimum absolute atomic E-state index is 0.0256. The quantitative estimate of drug-likeness (QED) is 0.475. The first-order chi connectivity index (χ1) is 11.8. The molecule has 0 bridgehead atoms. The lowest BCUT2D eigenvalue weighted by atomic mass is 10.1. The van der Waals surface area contributed by atoms with E-state index in [2.05, 4.69) is 10.5 Å². The van der Waals surface area contributed by atoms with Crippen LogP contribution in [0.2, 0.25) is 0 Å². The number of aromatic nitrogens is 1. The van der Waals surface area contributed by atoms with Crippen LogP contribution in [0, 0.1) is 17.0 Å². The summed E-state index contributed by atoms with van der Waals surface area (Å²) >= 11 is 0. The van der Waals surface area contributed by atoms with Gasteiger partial charge in [0.15, 0.2) is 12.4 Å². The van der Waals surface area contributed by atoms with Crippen LogP contribution in [0.1, 0.15) is 16.1 Å². The van der Waals surface area contributed by atoms with Crippen molar-refractivity contribution < 1.29 is 23.8 Å². The molecule has 0 spiro atoms. The second-order valence-corrected chi connectivity index (χ2v) is 5.30. The number of carbonyl (C=O) groups excluding carboxylic acids is 2. The smallest absolute Gasteiger partial charge is 0.338 e. The zero-order valence-electron chi connectivity index (χ0n) is 13.8. The maximum atomic E-state index is 12.0. The van der Waals surface area contributed by atoms with Crippen molar-refractivity contribution in [2.75, 3.05) is 30.9 Å². The predicted octanol–water partition coefficient (Wildman–Crippen LogP) is 1.75. The third kappa shape index (κ3) is 4.53. The number of hydrogen-bond donors (Lipinski definition) is 1. The molecule has 0 saturated heterocycles. The molecule has 0 radical (unpaired) electrons. The summed E-state index contributed by atoms with van der Waals surface area (Å²) in [4.78, 5) is 35.8. The Morgan fingerprint density at radius 2 is 2.08 bits per heavy atom. The lowest BCUT2D eigenvalue weighted by Crippen LogP contribution is -2.21. The van der Waals surface area contributed by atoms with Gasteiger partial charge in [-0.25, -0.2) is 4.79 Å². The number of nitro groups is 1. The Hall–Kier alpha value is -3.43. The minimum Gasteiger partial charge on any atom is -0.452 e. The van der Waals surface area contributed by atoms with Crippen LogP contribution in [-0.2, 0) is 9.53 Å². The van der Waals surface area contributed by atoms with E-state index in [0.717, 1.165) is 6.07 Å². The number of rotatable bonds is 6. The van der Waals surface area contributed by atoms with Crippen molar-refractivity contribution in [3.63, 3.8) is 0 Å². The number of carbonyl (C=O) groups is 2. The number of nitro benzene ring substituents is 1. The van der Waals surface area contributed by atoms with Gasteiger partial charge in [0, 0.05) is 26.2 Å². The molecular formula is C15H16N4O6. The summed E-state index contributed by atoms with van der Waals surface area (Å²) < 4.78 is 9.64. The van der Waals surface area contributed by atoms with Gasteiger partial charge in [0.2, 0.25) is 0 Å². The number of ether oxygens (including phenoxy) is 1. The Bertz CT molecular complexity index is 814. The maximum Gasteiger partial charge on any atom is 0.338 e. The van der Waals surface area contributed by atoms with Crippen molar-refractivity contribution in [1.82, 2.24) is 5.16 Å². The van der Waals surface area contributed by atoms with Crippen LogP contribution in [0.15, 0.2) is 28.8 Å². The number of amides is 1. The molecule has 0 aliphatic carbocycles. The van der Waals surface area contributed by atoms with Crippen molar-refractivity contribution in [2.24, 2.45) is 0 Å². The Morgan fingerprint density at radius 1 is 1.36 bits per heavy atom. The molecule has 0 fully saturated rings. The fourth-order valence-electron chi connectivity index (χ4n) is 1.99. The van der Waals surface area contributed by atoms with Crippen LogP contribution in [0.4, 0.5) is 17.2 Å². The summed E-state index contributed by atoms with van der Waals surface area (Å²) in [6.07, 6.45) is 0. The van der Waals surface area contributed by atoms with E-state index in [9.17, 15) is 19.7 Å². The van der Waals surface area contributed by atoms with Crippen LogP contribution in [-0.4, -0.2) is 42.7 Å². The molecule has 0 aliphatic rings. The first kappa shape index (κ1) is 17.9. The van der Waals surface area contributed by atoms with E-state index in [1.807, 2.05) is 0 Å². The number of benzene rings is 1. The van der Waals surface area contributed by atoms with Gasteiger partial charge in [0.1, 0.15) is 11.4 Å². The number of nitrogens with one attached hydrogen (secondary N) is 1. The minimum atomic E-state index is -0.847. The van der Waals surface area contributed by atoms with E-state index < -0.39 is 23.4 Å². The summed E-state index contributed by atoms with van der Waals surface area (Å²) in [6.45, 7) is 1.10. The van der Waals surface area contributed by atoms with E-state index >= 15 is 0 Å². The third-order valence-electron chi connectivity index (χ3n) is 3.12. The second kappa shape index (κ2) is 7.43.